The highest BCUT2D eigenvalue weighted by molar-refractivity contribution is 7.98. The lowest BCUT2D eigenvalue weighted by Crippen LogP contribution is -2.46. The molecule has 2 atom stereocenters. The molecule has 6 nitrogen and oxygen atoms in total. The lowest BCUT2D eigenvalue weighted by atomic mass is 10.1. The van der Waals surface area contributed by atoms with E-state index in [9.17, 15) is 18.8 Å². The van der Waals surface area contributed by atoms with Gasteiger partial charge in [-0.2, -0.15) is 11.8 Å². The van der Waals surface area contributed by atoms with Gasteiger partial charge in [0.05, 0.1) is 0 Å². The largest absolute Gasteiger partial charge is 0.453 e. The molecule has 0 spiro atoms. The maximum Gasteiger partial charge on any atom is 0.329 e. The lowest BCUT2D eigenvalue weighted by molar-refractivity contribution is -0.148. The summed E-state index contributed by atoms with van der Waals surface area (Å²) >= 11 is 1.50. The van der Waals surface area contributed by atoms with E-state index in [1.54, 1.807) is 0 Å². The van der Waals surface area contributed by atoms with Crippen molar-refractivity contribution < 1.29 is 23.5 Å². The number of esters is 1. The normalized spacial score (nSPS) is 13.0. The first-order chi connectivity index (χ1) is 10.8. The third-order valence-electron chi connectivity index (χ3n) is 3.00. The van der Waals surface area contributed by atoms with E-state index in [4.69, 9.17) is 10.5 Å². The molecule has 0 heterocycles. The Morgan fingerprint density at radius 3 is 2.43 bits per heavy atom. The number of primary amides is 1. The molecule has 3 N–H and O–H groups in total. The van der Waals surface area contributed by atoms with Crippen LogP contribution in [-0.2, 0) is 9.53 Å². The van der Waals surface area contributed by atoms with Crippen LogP contribution in [0.4, 0.5) is 9.18 Å². The second-order valence-electron chi connectivity index (χ2n) is 4.79. The minimum Gasteiger partial charge on any atom is -0.453 e. The van der Waals surface area contributed by atoms with Crippen LogP contribution in [0.25, 0.3) is 0 Å². The number of urea groups is 1. The molecule has 0 saturated heterocycles. The van der Waals surface area contributed by atoms with Crippen molar-refractivity contribution in [1.82, 2.24) is 5.32 Å². The summed E-state index contributed by atoms with van der Waals surface area (Å²) < 4.78 is 18.0. The highest BCUT2D eigenvalue weighted by atomic mass is 32.2. The van der Waals surface area contributed by atoms with Gasteiger partial charge in [0.15, 0.2) is 6.10 Å². The summed E-state index contributed by atoms with van der Waals surface area (Å²) in [4.78, 5) is 35.1. The van der Waals surface area contributed by atoms with Gasteiger partial charge in [-0.1, -0.05) is 0 Å². The fourth-order valence-corrected chi connectivity index (χ4v) is 2.29. The van der Waals surface area contributed by atoms with Gasteiger partial charge in [-0.15, -0.1) is 0 Å². The van der Waals surface area contributed by atoms with E-state index < -0.39 is 35.7 Å². The first-order valence-corrected chi connectivity index (χ1v) is 8.29. The fraction of sp³-hybridized carbons (Fsp3) is 0.400. The van der Waals surface area contributed by atoms with E-state index >= 15 is 0 Å². The minimum atomic E-state index is -1.06. The number of rotatable bonds is 8. The van der Waals surface area contributed by atoms with Crippen LogP contribution in [0.2, 0.25) is 0 Å². The van der Waals surface area contributed by atoms with Crippen molar-refractivity contribution in [2.75, 3.05) is 12.0 Å². The van der Waals surface area contributed by atoms with E-state index in [1.807, 2.05) is 6.26 Å². The Labute approximate surface area is 137 Å². The van der Waals surface area contributed by atoms with Gasteiger partial charge in [0.1, 0.15) is 11.9 Å². The monoisotopic (exact) mass is 342 g/mol. The number of ether oxygens (including phenoxy) is 1. The molecule has 8 heteroatoms. The minimum absolute atomic E-state index is 0.232. The summed E-state index contributed by atoms with van der Waals surface area (Å²) in [5.41, 5.74) is 5.26. The number of benzene rings is 1. The summed E-state index contributed by atoms with van der Waals surface area (Å²) in [5, 5.41) is 2.30. The Hall–Kier alpha value is -2.09. The van der Waals surface area contributed by atoms with Crippen molar-refractivity contribution in [3.8, 4) is 0 Å². The number of ketones is 1. The first-order valence-electron chi connectivity index (χ1n) is 6.90. The summed E-state index contributed by atoms with van der Waals surface area (Å²) in [6.45, 7) is 1.42. The quantitative estimate of drug-likeness (QED) is 0.554. The van der Waals surface area contributed by atoms with Crippen molar-refractivity contribution in [2.45, 2.75) is 25.5 Å². The van der Waals surface area contributed by atoms with Gasteiger partial charge >= 0.3 is 12.0 Å². The standard InChI is InChI=1S/C15H19FN2O4S/c1-9(13(19)10-3-5-11(16)6-4-10)22-14(20)12(7-8-23-2)18-15(17)21/h3-6,9,12H,7-8H2,1-2H3,(H3,17,18,21)/t9-,12+/m1/s1. The summed E-state index contributed by atoms with van der Waals surface area (Å²) in [6, 6.07) is 3.17. The van der Waals surface area contributed by atoms with Gasteiger partial charge < -0.3 is 15.8 Å². The molecule has 0 radical (unpaired) electrons. The van der Waals surface area contributed by atoms with Crippen LogP contribution in [0.15, 0.2) is 24.3 Å². The maximum absolute atomic E-state index is 12.9. The zero-order valence-electron chi connectivity index (χ0n) is 12.9. The number of carbonyl (C=O) groups excluding carboxylic acids is 3. The molecule has 1 aromatic carbocycles. The van der Waals surface area contributed by atoms with Gasteiger partial charge in [0.25, 0.3) is 0 Å². The SMILES string of the molecule is CSCC[C@H](NC(N)=O)C(=O)O[C@H](C)C(=O)c1ccc(F)cc1. The average molecular weight is 342 g/mol. The Kier molecular flexibility index (Phi) is 7.53. The highest BCUT2D eigenvalue weighted by Gasteiger charge is 2.26. The van der Waals surface area contributed by atoms with Gasteiger partial charge in [0, 0.05) is 5.56 Å². The number of amides is 2. The molecule has 2 amide bonds. The van der Waals surface area contributed by atoms with E-state index in [0.717, 1.165) is 12.1 Å². The van der Waals surface area contributed by atoms with E-state index in [2.05, 4.69) is 5.32 Å². The smallest absolute Gasteiger partial charge is 0.329 e. The zero-order valence-corrected chi connectivity index (χ0v) is 13.7. The molecule has 1 aromatic rings. The number of carbonyl (C=O) groups is 3. The fourth-order valence-electron chi connectivity index (χ4n) is 1.82. The second-order valence-corrected chi connectivity index (χ2v) is 5.78. The van der Waals surface area contributed by atoms with Crippen LogP contribution in [-0.4, -0.2) is 41.9 Å². The molecular weight excluding hydrogens is 323 g/mol. The van der Waals surface area contributed by atoms with E-state index in [-0.39, 0.29) is 5.56 Å². The molecule has 0 aliphatic rings. The van der Waals surface area contributed by atoms with Gasteiger partial charge in [-0.05, 0) is 49.6 Å². The molecular formula is C15H19FN2O4S. The predicted octanol–water partition coefficient (Wildman–Crippen LogP) is 1.73. The number of nitrogens with one attached hydrogen (secondary N) is 1. The Bertz CT molecular complexity index is 565. The second kappa shape index (κ2) is 9.14. The summed E-state index contributed by atoms with van der Waals surface area (Å²) in [7, 11) is 0. The number of thioether (sulfide) groups is 1. The highest BCUT2D eigenvalue weighted by Crippen LogP contribution is 2.10. The van der Waals surface area contributed by atoms with Crippen molar-refractivity contribution in [1.29, 1.82) is 0 Å². The molecule has 1 rings (SSSR count). The van der Waals surface area contributed by atoms with Gasteiger partial charge in [0.2, 0.25) is 5.78 Å². The molecule has 23 heavy (non-hydrogen) atoms. The van der Waals surface area contributed by atoms with Crippen LogP contribution in [0, 0.1) is 5.82 Å². The van der Waals surface area contributed by atoms with Crippen molar-refractivity contribution in [3.05, 3.63) is 35.6 Å². The zero-order chi connectivity index (χ0) is 17.4. The van der Waals surface area contributed by atoms with Crippen molar-refractivity contribution in [3.63, 3.8) is 0 Å². The molecule has 0 aliphatic heterocycles. The molecule has 0 aromatic heterocycles. The number of Topliss-reactive ketones (excluding diaryl/α,β-unsaturated/α-hetero) is 1. The number of hydrogen-bond acceptors (Lipinski definition) is 5. The first kappa shape index (κ1) is 19.0. The Morgan fingerprint density at radius 1 is 1.30 bits per heavy atom. The Balaban J connectivity index is 2.70. The average Bonchev–Trinajstić information content (AvgIpc) is 2.50. The maximum atomic E-state index is 12.9. The lowest BCUT2D eigenvalue weighted by Gasteiger charge is -2.19. The number of halogens is 1. The summed E-state index contributed by atoms with van der Waals surface area (Å²) in [5.74, 6) is -1.05. The Morgan fingerprint density at radius 2 is 1.91 bits per heavy atom. The number of hydrogen-bond donors (Lipinski definition) is 2. The van der Waals surface area contributed by atoms with Gasteiger partial charge in [-0.3, -0.25) is 4.79 Å². The van der Waals surface area contributed by atoms with Crippen LogP contribution >= 0.6 is 11.8 Å². The van der Waals surface area contributed by atoms with Crippen LogP contribution in [0.3, 0.4) is 0 Å². The van der Waals surface area contributed by atoms with Crippen LogP contribution in [0.5, 0.6) is 0 Å². The van der Waals surface area contributed by atoms with Crippen molar-refractivity contribution in [2.24, 2.45) is 5.73 Å². The van der Waals surface area contributed by atoms with Crippen molar-refractivity contribution >= 4 is 29.5 Å². The van der Waals surface area contributed by atoms with Gasteiger partial charge in [-0.25, -0.2) is 14.0 Å². The molecule has 126 valence electrons. The van der Waals surface area contributed by atoms with E-state index in [1.165, 1.54) is 30.8 Å². The molecule has 0 saturated carbocycles. The predicted molar refractivity (Wildman–Crippen MR) is 85.8 cm³/mol. The molecule has 0 aliphatic carbocycles. The third-order valence-corrected chi connectivity index (χ3v) is 3.65. The molecule has 0 unspecified atom stereocenters. The number of nitrogens with two attached hydrogens (primary N) is 1. The van der Waals surface area contributed by atoms with Crippen LogP contribution in [0.1, 0.15) is 23.7 Å². The third kappa shape index (κ3) is 6.27. The summed E-state index contributed by atoms with van der Waals surface area (Å²) in [6.07, 6.45) is 1.13. The topological polar surface area (TPSA) is 98.5 Å². The van der Waals surface area contributed by atoms with E-state index in [0.29, 0.717) is 12.2 Å². The van der Waals surface area contributed by atoms with Crippen LogP contribution < -0.4 is 11.1 Å². The molecule has 0 bridgehead atoms. The molecule has 0 fully saturated rings.